The van der Waals surface area contributed by atoms with E-state index in [1.165, 1.54) is 0 Å². The lowest BCUT2D eigenvalue weighted by molar-refractivity contribution is -0.151. The van der Waals surface area contributed by atoms with Gasteiger partial charge >= 0.3 is 11.9 Å². The van der Waals surface area contributed by atoms with Crippen LogP contribution in [0, 0.1) is 0 Å². The summed E-state index contributed by atoms with van der Waals surface area (Å²) in [6, 6.07) is 13.8. The average Bonchev–Trinajstić information content (AvgIpc) is 2.64. The number of rotatable bonds is 10. The third kappa shape index (κ3) is 6.10. The number of carboxylic acids is 2. The second-order valence-corrected chi connectivity index (χ2v) is 5.52. The van der Waals surface area contributed by atoms with E-state index in [-0.39, 0.29) is 13.0 Å². The molecule has 138 valence electrons. The maximum atomic E-state index is 11.4. The lowest BCUT2D eigenvalue weighted by Crippen LogP contribution is -2.26. The fraction of sp³-hybridized carbons (Fsp3) is 0.263. The average molecular weight is 360 g/mol. The van der Waals surface area contributed by atoms with Crippen LogP contribution in [0.2, 0.25) is 0 Å². The summed E-state index contributed by atoms with van der Waals surface area (Å²) in [7, 11) is 1.57. The highest BCUT2D eigenvalue weighted by Crippen LogP contribution is 2.16. The van der Waals surface area contributed by atoms with Gasteiger partial charge in [0.1, 0.15) is 11.5 Å². The summed E-state index contributed by atoms with van der Waals surface area (Å²) in [5, 5.41) is 17.9. The van der Waals surface area contributed by atoms with Gasteiger partial charge < -0.3 is 24.4 Å². The predicted octanol–water partition coefficient (Wildman–Crippen LogP) is 2.37. The van der Waals surface area contributed by atoms with Crippen LogP contribution >= 0.6 is 0 Å². The van der Waals surface area contributed by atoms with E-state index in [1.807, 2.05) is 12.1 Å². The Kier molecular flexibility index (Phi) is 6.99. The van der Waals surface area contributed by atoms with E-state index in [0.717, 1.165) is 11.1 Å². The molecule has 2 aromatic carbocycles. The first-order chi connectivity index (χ1) is 12.5. The summed E-state index contributed by atoms with van der Waals surface area (Å²) in [4.78, 5) is 21.9. The standard InChI is InChI=1S/C19H20O7/c1-24-15-6-4-14(5-7-15)11-26-17(19(22)23)10-13-2-8-16(9-3-13)25-12-18(20)21/h2-9,17H,10-12H2,1H3,(H,20,21)(H,22,23). The van der Waals surface area contributed by atoms with Crippen molar-refractivity contribution < 1.29 is 34.0 Å². The molecule has 7 heteroatoms. The highest BCUT2D eigenvalue weighted by Gasteiger charge is 2.19. The van der Waals surface area contributed by atoms with Crippen molar-refractivity contribution in [2.24, 2.45) is 0 Å². The fourth-order valence-electron chi connectivity index (χ4n) is 2.22. The van der Waals surface area contributed by atoms with Crippen molar-refractivity contribution in [1.29, 1.82) is 0 Å². The van der Waals surface area contributed by atoms with E-state index in [2.05, 4.69) is 0 Å². The minimum absolute atomic E-state index is 0.167. The number of methoxy groups -OCH3 is 1. The van der Waals surface area contributed by atoms with Crippen LogP contribution in [0.5, 0.6) is 11.5 Å². The molecule has 0 fully saturated rings. The summed E-state index contributed by atoms with van der Waals surface area (Å²) in [5.74, 6) is -0.993. The Morgan fingerprint density at radius 1 is 0.923 bits per heavy atom. The van der Waals surface area contributed by atoms with Gasteiger partial charge in [-0.25, -0.2) is 9.59 Å². The zero-order valence-corrected chi connectivity index (χ0v) is 14.3. The molecule has 2 rings (SSSR count). The summed E-state index contributed by atoms with van der Waals surface area (Å²) < 4.78 is 15.6. The molecule has 1 atom stereocenters. The van der Waals surface area contributed by atoms with Gasteiger partial charge in [0.2, 0.25) is 0 Å². The largest absolute Gasteiger partial charge is 0.497 e. The Labute approximate surface area is 150 Å². The molecule has 0 spiro atoms. The van der Waals surface area contributed by atoms with E-state index >= 15 is 0 Å². The van der Waals surface area contributed by atoms with Crippen molar-refractivity contribution in [3.05, 3.63) is 59.7 Å². The first kappa shape index (κ1) is 19.3. The van der Waals surface area contributed by atoms with Crippen LogP contribution in [0.25, 0.3) is 0 Å². The van der Waals surface area contributed by atoms with Gasteiger partial charge in [-0.05, 0) is 35.4 Å². The van der Waals surface area contributed by atoms with E-state index in [0.29, 0.717) is 11.5 Å². The molecule has 2 N–H and O–H groups in total. The maximum absolute atomic E-state index is 11.4. The van der Waals surface area contributed by atoms with Gasteiger partial charge in [0.25, 0.3) is 0 Å². The van der Waals surface area contributed by atoms with Gasteiger partial charge in [-0.2, -0.15) is 0 Å². The fourth-order valence-corrected chi connectivity index (χ4v) is 2.22. The SMILES string of the molecule is COc1ccc(COC(Cc2ccc(OCC(=O)O)cc2)C(=O)O)cc1. The molecule has 0 aliphatic carbocycles. The van der Waals surface area contributed by atoms with Crippen LogP contribution in [0.3, 0.4) is 0 Å². The van der Waals surface area contributed by atoms with Gasteiger partial charge in [0, 0.05) is 6.42 Å². The van der Waals surface area contributed by atoms with Crippen LogP contribution in [0.4, 0.5) is 0 Å². The molecule has 26 heavy (non-hydrogen) atoms. The van der Waals surface area contributed by atoms with E-state index in [9.17, 15) is 14.7 Å². The molecule has 7 nitrogen and oxygen atoms in total. The lowest BCUT2D eigenvalue weighted by atomic mass is 10.1. The molecule has 0 heterocycles. The van der Waals surface area contributed by atoms with Crippen molar-refractivity contribution in [2.75, 3.05) is 13.7 Å². The van der Waals surface area contributed by atoms with Crippen molar-refractivity contribution >= 4 is 11.9 Å². The Morgan fingerprint density at radius 2 is 1.50 bits per heavy atom. The number of hydrogen-bond donors (Lipinski definition) is 2. The molecular formula is C19H20O7. The molecular weight excluding hydrogens is 340 g/mol. The first-order valence-corrected chi connectivity index (χ1v) is 7.89. The second kappa shape index (κ2) is 9.43. The number of benzene rings is 2. The van der Waals surface area contributed by atoms with Gasteiger partial charge in [-0.3, -0.25) is 0 Å². The number of carbonyl (C=O) groups is 2. The highest BCUT2D eigenvalue weighted by atomic mass is 16.5. The quantitative estimate of drug-likeness (QED) is 0.670. The van der Waals surface area contributed by atoms with Crippen LogP contribution < -0.4 is 9.47 Å². The zero-order chi connectivity index (χ0) is 18.9. The van der Waals surface area contributed by atoms with Crippen LogP contribution in [0.1, 0.15) is 11.1 Å². The smallest absolute Gasteiger partial charge is 0.341 e. The third-order valence-corrected chi connectivity index (χ3v) is 3.59. The molecule has 0 aliphatic rings. The number of aliphatic carboxylic acids is 2. The van der Waals surface area contributed by atoms with E-state index in [4.69, 9.17) is 19.3 Å². The molecule has 2 aromatic rings. The summed E-state index contributed by atoms with van der Waals surface area (Å²) in [6.07, 6.45) is -0.812. The molecule has 0 saturated carbocycles. The maximum Gasteiger partial charge on any atom is 0.341 e. The number of hydrogen-bond acceptors (Lipinski definition) is 5. The minimum atomic E-state index is -1.06. The van der Waals surface area contributed by atoms with Crippen LogP contribution in [-0.4, -0.2) is 42.0 Å². The van der Waals surface area contributed by atoms with Gasteiger partial charge in [0.05, 0.1) is 13.7 Å². The van der Waals surface area contributed by atoms with Gasteiger partial charge in [-0.15, -0.1) is 0 Å². The summed E-state index contributed by atoms with van der Waals surface area (Å²) >= 11 is 0. The first-order valence-electron chi connectivity index (χ1n) is 7.89. The molecule has 0 radical (unpaired) electrons. The molecule has 1 unspecified atom stereocenters. The van der Waals surface area contributed by atoms with Crippen molar-refractivity contribution in [3.8, 4) is 11.5 Å². The van der Waals surface area contributed by atoms with Crippen molar-refractivity contribution in [3.63, 3.8) is 0 Å². The van der Waals surface area contributed by atoms with E-state index in [1.54, 1.807) is 43.5 Å². The van der Waals surface area contributed by atoms with Crippen LogP contribution in [-0.2, 0) is 27.4 Å². The minimum Gasteiger partial charge on any atom is -0.497 e. The molecule has 0 saturated heterocycles. The Hall–Kier alpha value is -3.06. The van der Waals surface area contributed by atoms with Crippen LogP contribution in [0.15, 0.2) is 48.5 Å². The molecule has 0 aliphatic heterocycles. The van der Waals surface area contributed by atoms with Crippen molar-refractivity contribution in [2.45, 2.75) is 19.1 Å². The van der Waals surface area contributed by atoms with Gasteiger partial charge in [0.15, 0.2) is 12.7 Å². The third-order valence-electron chi connectivity index (χ3n) is 3.59. The Balaban J connectivity index is 1.92. The molecule has 0 aromatic heterocycles. The monoisotopic (exact) mass is 360 g/mol. The summed E-state index contributed by atoms with van der Waals surface area (Å²) in [6.45, 7) is -0.261. The number of ether oxygens (including phenoxy) is 3. The predicted molar refractivity (Wildman–Crippen MR) is 92.5 cm³/mol. The normalized spacial score (nSPS) is 11.6. The molecule has 0 bridgehead atoms. The lowest BCUT2D eigenvalue weighted by Gasteiger charge is -2.14. The highest BCUT2D eigenvalue weighted by molar-refractivity contribution is 5.72. The zero-order valence-electron chi connectivity index (χ0n) is 14.3. The second-order valence-electron chi connectivity index (χ2n) is 5.52. The van der Waals surface area contributed by atoms with Gasteiger partial charge in [-0.1, -0.05) is 24.3 Å². The topological polar surface area (TPSA) is 102 Å². The number of carboxylic acid groups (broad SMARTS) is 2. The molecule has 0 amide bonds. The summed E-state index contributed by atoms with van der Waals surface area (Å²) in [5.41, 5.74) is 1.59. The van der Waals surface area contributed by atoms with Crippen molar-refractivity contribution in [1.82, 2.24) is 0 Å². The van der Waals surface area contributed by atoms with E-state index < -0.39 is 24.6 Å². The Bertz CT molecular complexity index is 723. The Morgan fingerprint density at radius 3 is 2.04 bits per heavy atom.